The summed E-state index contributed by atoms with van der Waals surface area (Å²) in [5, 5.41) is 9.81. The molecule has 0 aromatic heterocycles. The molecule has 5 nitrogen and oxygen atoms in total. The Morgan fingerprint density at radius 2 is 2.12 bits per heavy atom. The Morgan fingerprint density at radius 3 is 2.76 bits per heavy atom. The van der Waals surface area contributed by atoms with Gasteiger partial charge in [-0.2, -0.15) is 0 Å². The Balaban J connectivity index is 2.73. The Hall–Kier alpha value is -1.91. The van der Waals surface area contributed by atoms with E-state index in [9.17, 15) is 4.79 Å². The average Bonchev–Trinajstić information content (AvgIpc) is 2.34. The lowest BCUT2D eigenvalue weighted by atomic mass is 10.2. The zero-order chi connectivity index (χ0) is 12.7. The highest BCUT2D eigenvalue weighted by atomic mass is 16.1. The molecule has 0 radical (unpaired) electrons. The van der Waals surface area contributed by atoms with Crippen molar-refractivity contribution in [2.45, 2.75) is 19.8 Å². The zero-order valence-corrected chi connectivity index (χ0v) is 10.3. The van der Waals surface area contributed by atoms with Crippen molar-refractivity contribution in [3.8, 4) is 0 Å². The van der Waals surface area contributed by atoms with Crippen molar-refractivity contribution >= 4 is 11.6 Å². The van der Waals surface area contributed by atoms with E-state index in [-0.39, 0.29) is 0 Å². The van der Waals surface area contributed by atoms with E-state index in [0.29, 0.717) is 11.3 Å². The first-order valence-corrected chi connectivity index (χ1v) is 5.66. The first-order chi connectivity index (χ1) is 8.15. The molecule has 1 rings (SSSR count). The quantitative estimate of drug-likeness (QED) is 0.606. The van der Waals surface area contributed by atoms with Crippen LogP contribution in [0.2, 0.25) is 0 Å². The van der Waals surface area contributed by atoms with Gasteiger partial charge >= 0.3 is 0 Å². The molecule has 2 N–H and O–H groups in total. The minimum absolute atomic E-state index is 0.389. The lowest BCUT2D eigenvalue weighted by Crippen LogP contribution is -2.12. The summed E-state index contributed by atoms with van der Waals surface area (Å²) in [5.74, 6) is -0.490. The van der Waals surface area contributed by atoms with E-state index in [2.05, 4.69) is 17.3 Å². The maximum atomic E-state index is 11.1. The zero-order valence-electron chi connectivity index (χ0n) is 10.3. The fourth-order valence-corrected chi connectivity index (χ4v) is 1.33. The Bertz CT molecular complexity index is 403. The SMILES string of the molecule is CCCCN(C)N=Nc1ccccc1C(N)=O. The molecule has 0 spiro atoms. The monoisotopic (exact) mass is 234 g/mol. The van der Waals surface area contributed by atoms with Gasteiger partial charge in [0.2, 0.25) is 0 Å². The molecule has 0 unspecified atom stereocenters. The summed E-state index contributed by atoms with van der Waals surface area (Å²) in [6.45, 7) is 2.96. The summed E-state index contributed by atoms with van der Waals surface area (Å²) in [7, 11) is 1.85. The molecule has 1 aromatic rings. The van der Waals surface area contributed by atoms with Crippen LogP contribution in [0.4, 0.5) is 5.69 Å². The molecule has 0 aliphatic heterocycles. The van der Waals surface area contributed by atoms with E-state index in [1.54, 1.807) is 29.3 Å². The molecule has 0 atom stereocenters. The van der Waals surface area contributed by atoms with Crippen LogP contribution in [0, 0.1) is 0 Å². The normalized spacial score (nSPS) is 10.7. The average molecular weight is 234 g/mol. The molecule has 1 amide bonds. The van der Waals surface area contributed by atoms with Crippen molar-refractivity contribution in [3.05, 3.63) is 29.8 Å². The van der Waals surface area contributed by atoms with E-state index in [1.165, 1.54) is 0 Å². The molecular weight excluding hydrogens is 216 g/mol. The molecule has 0 bridgehead atoms. The number of nitrogens with zero attached hydrogens (tertiary/aromatic N) is 3. The summed E-state index contributed by atoms with van der Waals surface area (Å²) in [6, 6.07) is 6.91. The lowest BCUT2D eigenvalue weighted by molar-refractivity contribution is 0.100. The number of rotatable bonds is 6. The predicted octanol–water partition coefficient (Wildman–Crippen LogP) is 2.52. The van der Waals surface area contributed by atoms with Gasteiger partial charge in [0.1, 0.15) is 5.69 Å². The molecule has 0 saturated heterocycles. The van der Waals surface area contributed by atoms with Crippen molar-refractivity contribution in [3.63, 3.8) is 0 Å². The highest BCUT2D eigenvalue weighted by molar-refractivity contribution is 5.97. The predicted molar refractivity (Wildman–Crippen MR) is 67.0 cm³/mol. The van der Waals surface area contributed by atoms with Crippen LogP contribution >= 0.6 is 0 Å². The topological polar surface area (TPSA) is 71.1 Å². The number of benzene rings is 1. The van der Waals surface area contributed by atoms with Gasteiger partial charge in [0.05, 0.1) is 5.56 Å². The molecule has 5 heteroatoms. The number of unbranched alkanes of at least 4 members (excludes halogenated alkanes) is 1. The third-order valence-electron chi connectivity index (χ3n) is 2.31. The van der Waals surface area contributed by atoms with E-state index in [4.69, 9.17) is 5.73 Å². The van der Waals surface area contributed by atoms with Crippen molar-refractivity contribution in [1.82, 2.24) is 5.01 Å². The number of hydrogen-bond acceptors (Lipinski definition) is 3. The maximum Gasteiger partial charge on any atom is 0.250 e. The van der Waals surface area contributed by atoms with E-state index < -0.39 is 5.91 Å². The van der Waals surface area contributed by atoms with Crippen LogP contribution in [0.1, 0.15) is 30.1 Å². The van der Waals surface area contributed by atoms with E-state index in [1.807, 2.05) is 7.05 Å². The van der Waals surface area contributed by atoms with Crippen molar-refractivity contribution < 1.29 is 4.79 Å². The molecule has 0 heterocycles. The number of nitrogens with two attached hydrogens (primary N) is 1. The van der Waals surface area contributed by atoms with Crippen molar-refractivity contribution in [1.29, 1.82) is 0 Å². The fourth-order valence-electron chi connectivity index (χ4n) is 1.33. The Labute approximate surface area is 101 Å². The van der Waals surface area contributed by atoms with Gasteiger partial charge in [0.15, 0.2) is 0 Å². The third kappa shape index (κ3) is 4.22. The second-order valence-electron chi connectivity index (χ2n) is 3.81. The lowest BCUT2D eigenvalue weighted by Gasteiger charge is -2.09. The van der Waals surface area contributed by atoms with Crippen LogP contribution in [0.3, 0.4) is 0 Å². The molecule has 17 heavy (non-hydrogen) atoms. The summed E-state index contributed by atoms with van der Waals surface area (Å²) >= 11 is 0. The standard InChI is InChI=1S/C12H18N4O/c1-3-4-9-16(2)15-14-11-8-6-5-7-10(11)12(13)17/h5-8H,3-4,9H2,1-2H3,(H2,13,17). The number of carbonyl (C=O) groups is 1. The summed E-state index contributed by atoms with van der Waals surface area (Å²) in [6.07, 6.45) is 2.17. The second kappa shape index (κ2) is 6.62. The van der Waals surface area contributed by atoms with Gasteiger partial charge in [0.25, 0.3) is 5.91 Å². The highest BCUT2D eigenvalue weighted by Crippen LogP contribution is 2.18. The second-order valence-corrected chi connectivity index (χ2v) is 3.81. The number of hydrogen-bond donors (Lipinski definition) is 1. The molecule has 0 aliphatic rings. The van der Waals surface area contributed by atoms with Gasteiger partial charge in [-0.1, -0.05) is 30.7 Å². The van der Waals surface area contributed by atoms with E-state index >= 15 is 0 Å². The first-order valence-electron chi connectivity index (χ1n) is 5.66. The highest BCUT2D eigenvalue weighted by Gasteiger charge is 2.05. The molecule has 0 saturated carbocycles. The molecule has 92 valence electrons. The molecule has 0 aliphatic carbocycles. The van der Waals surface area contributed by atoms with Gasteiger partial charge in [-0.25, -0.2) is 0 Å². The van der Waals surface area contributed by atoms with Gasteiger partial charge < -0.3 is 5.73 Å². The summed E-state index contributed by atoms with van der Waals surface area (Å²) in [5.41, 5.74) is 6.14. The molecule has 0 fully saturated rings. The van der Waals surface area contributed by atoms with Crippen LogP contribution in [0.15, 0.2) is 34.6 Å². The van der Waals surface area contributed by atoms with E-state index in [0.717, 1.165) is 19.4 Å². The largest absolute Gasteiger partial charge is 0.366 e. The van der Waals surface area contributed by atoms with Gasteiger partial charge in [-0.15, -0.1) is 5.11 Å². The molecular formula is C12H18N4O. The van der Waals surface area contributed by atoms with Gasteiger partial charge in [-0.3, -0.25) is 9.80 Å². The van der Waals surface area contributed by atoms with Gasteiger partial charge in [0, 0.05) is 13.6 Å². The Morgan fingerprint density at radius 1 is 1.41 bits per heavy atom. The fraction of sp³-hybridized carbons (Fsp3) is 0.417. The molecule has 1 aromatic carbocycles. The van der Waals surface area contributed by atoms with Crippen LogP contribution in [-0.4, -0.2) is 24.5 Å². The van der Waals surface area contributed by atoms with Crippen LogP contribution < -0.4 is 5.73 Å². The smallest absolute Gasteiger partial charge is 0.250 e. The van der Waals surface area contributed by atoms with Crippen LogP contribution in [0.25, 0.3) is 0 Å². The number of primary amides is 1. The van der Waals surface area contributed by atoms with Crippen LogP contribution in [0.5, 0.6) is 0 Å². The summed E-state index contributed by atoms with van der Waals surface area (Å²) < 4.78 is 0. The van der Waals surface area contributed by atoms with Crippen molar-refractivity contribution in [2.24, 2.45) is 16.1 Å². The van der Waals surface area contributed by atoms with Crippen molar-refractivity contribution in [2.75, 3.05) is 13.6 Å². The minimum Gasteiger partial charge on any atom is -0.366 e. The number of amides is 1. The van der Waals surface area contributed by atoms with Gasteiger partial charge in [-0.05, 0) is 18.6 Å². The minimum atomic E-state index is -0.490. The summed E-state index contributed by atoms with van der Waals surface area (Å²) in [4.78, 5) is 11.1. The maximum absolute atomic E-state index is 11.1. The number of carbonyl (C=O) groups excluding carboxylic acids is 1. The van der Waals surface area contributed by atoms with Crippen LogP contribution in [-0.2, 0) is 0 Å². The Kier molecular flexibility index (Phi) is 5.13. The third-order valence-corrected chi connectivity index (χ3v) is 2.31. The first kappa shape index (κ1) is 13.2.